The Hall–Kier alpha value is 0.0700. The van der Waals surface area contributed by atoms with Gasteiger partial charge in [-0.25, -0.2) is 4.98 Å². The van der Waals surface area contributed by atoms with Gasteiger partial charge < -0.3 is 5.32 Å². The van der Waals surface area contributed by atoms with E-state index in [1.165, 1.54) is 30.9 Å². The summed E-state index contributed by atoms with van der Waals surface area (Å²) in [6, 6.07) is 0. The molecule has 1 aliphatic rings. The minimum absolute atomic E-state index is 0.847. The number of piperidine rings is 1. The highest BCUT2D eigenvalue weighted by Crippen LogP contribution is 2.24. The van der Waals surface area contributed by atoms with Gasteiger partial charge in [0, 0.05) is 6.42 Å². The Bertz CT molecular complexity index is 268. The standard InChI is InChI=1S/C9H13BrN2S/c10-8-6-12-9(13-8)5-7-1-3-11-4-2-7/h6-7,11H,1-5H2. The molecule has 1 aromatic rings. The predicted octanol–water partition coefficient (Wildman–Crippen LogP) is 2.45. The number of hydrogen-bond donors (Lipinski definition) is 1. The number of halogens is 1. The van der Waals surface area contributed by atoms with Crippen LogP contribution in [0.2, 0.25) is 0 Å². The van der Waals surface area contributed by atoms with Crippen LogP contribution < -0.4 is 5.32 Å². The maximum Gasteiger partial charge on any atom is 0.0939 e. The minimum Gasteiger partial charge on any atom is -0.317 e. The van der Waals surface area contributed by atoms with E-state index in [1.54, 1.807) is 11.3 Å². The fraction of sp³-hybridized carbons (Fsp3) is 0.667. The van der Waals surface area contributed by atoms with E-state index < -0.39 is 0 Å². The van der Waals surface area contributed by atoms with E-state index in [9.17, 15) is 0 Å². The summed E-state index contributed by atoms with van der Waals surface area (Å²) >= 11 is 5.21. The maximum atomic E-state index is 4.36. The average molecular weight is 261 g/mol. The second kappa shape index (κ2) is 4.53. The number of thiazole rings is 1. The zero-order valence-corrected chi connectivity index (χ0v) is 9.83. The number of nitrogens with one attached hydrogen (secondary N) is 1. The van der Waals surface area contributed by atoms with Gasteiger partial charge in [0.05, 0.1) is 15.0 Å². The molecule has 2 rings (SSSR count). The number of nitrogens with zero attached hydrogens (tertiary/aromatic N) is 1. The summed E-state index contributed by atoms with van der Waals surface area (Å²) in [6.45, 7) is 2.36. The van der Waals surface area contributed by atoms with Gasteiger partial charge in [-0.05, 0) is 47.8 Å². The van der Waals surface area contributed by atoms with Crippen LogP contribution in [-0.4, -0.2) is 18.1 Å². The third-order valence-electron chi connectivity index (χ3n) is 2.45. The van der Waals surface area contributed by atoms with Crippen molar-refractivity contribution in [3.63, 3.8) is 0 Å². The Morgan fingerprint density at radius 2 is 2.31 bits per heavy atom. The van der Waals surface area contributed by atoms with Crippen LogP contribution in [0.3, 0.4) is 0 Å². The van der Waals surface area contributed by atoms with Crippen LogP contribution >= 0.6 is 27.3 Å². The summed E-state index contributed by atoms with van der Waals surface area (Å²) in [5, 5.41) is 4.66. The van der Waals surface area contributed by atoms with E-state index in [0.717, 1.165) is 16.1 Å². The smallest absolute Gasteiger partial charge is 0.0939 e. The maximum absolute atomic E-state index is 4.36. The Kier molecular flexibility index (Phi) is 3.35. The molecule has 1 fully saturated rings. The fourth-order valence-electron chi connectivity index (χ4n) is 1.72. The normalized spacial score (nSPS) is 19.2. The molecule has 1 saturated heterocycles. The van der Waals surface area contributed by atoms with Gasteiger partial charge in [0.2, 0.25) is 0 Å². The molecule has 0 aromatic carbocycles. The summed E-state index contributed by atoms with van der Waals surface area (Å²) in [6.07, 6.45) is 5.67. The molecule has 0 saturated carbocycles. The zero-order chi connectivity index (χ0) is 9.10. The summed E-state index contributed by atoms with van der Waals surface area (Å²) in [5.41, 5.74) is 0. The molecule has 0 bridgehead atoms. The molecule has 1 N–H and O–H groups in total. The van der Waals surface area contributed by atoms with Gasteiger partial charge in [0.15, 0.2) is 0 Å². The van der Waals surface area contributed by atoms with Crippen molar-refractivity contribution >= 4 is 27.3 Å². The topological polar surface area (TPSA) is 24.9 Å². The summed E-state index contributed by atoms with van der Waals surface area (Å²) in [4.78, 5) is 4.36. The first kappa shape index (κ1) is 9.62. The summed E-state index contributed by atoms with van der Waals surface area (Å²) < 4.78 is 1.15. The second-order valence-corrected chi connectivity index (χ2v) is 5.95. The van der Waals surface area contributed by atoms with E-state index >= 15 is 0 Å². The highest BCUT2D eigenvalue weighted by Gasteiger charge is 2.14. The summed E-state index contributed by atoms with van der Waals surface area (Å²) in [5.74, 6) is 0.847. The van der Waals surface area contributed by atoms with Crippen LogP contribution in [0.5, 0.6) is 0 Å². The number of aromatic nitrogens is 1. The molecular weight excluding hydrogens is 248 g/mol. The van der Waals surface area contributed by atoms with Crippen LogP contribution in [0.1, 0.15) is 17.8 Å². The molecule has 0 unspecified atom stereocenters. The van der Waals surface area contributed by atoms with Crippen molar-refractivity contribution in [2.24, 2.45) is 5.92 Å². The van der Waals surface area contributed by atoms with Crippen molar-refractivity contribution in [3.05, 3.63) is 15.0 Å². The first-order valence-corrected chi connectivity index (χ1v) is 6.26. The Morgan fingerprint density at radius 1 is 1.54 bits per heavy atom. The molecule has 2 nitrogen and oxygen atoms in total. The van der Waals surface area contributed by atoms with Crippen molar-refractivity contribution in [1.29, 1.82) is 0 Å². The first-order chi connectivity index (χ1) is 6.34. The molecular formula is C9H13BrN2S. The van der Waals surface area contributed by atoms with Gasteiger partial charge >= 0.3 is 0 Å². The quantitative estimate of drug-likeness (QED) is 0.884. The monoisotopic (exact) mass is 260 g/mol. The SMILES string of the molecule is Brc1cnc(CC2CCNCC2)s1. The van der Waals surface area contributed by atoms with Crippen LogP contribution in [0.25, 0.3) is 0 Å². The lowest BCUT2D eigenvalue weighted by Crippen LogP contribution is -2.28. The van der Waals surface area contributed by atoms with Crippen LogP contribution in [-0.2, 0) is 6.42 Å². The lowest BCUT2D eigenvalue weighted by Gasteiger charge is -2.21. The van der Waals surface area contributed by atoms with Crippen molar-refractivity contribution in [2.75, 3.05) is 13.1 Å². The van der Waals surface area contributed by atoms with E-state index in [4.69, 9.17) is 0 Å². The van der Waals surface area contributed by atoms with Gasteiger partial charge in [0.1, 0.15) is 0 Å². The minimum atomic E-state index is 0.847. The van der Waals surface area contributed by atoms with Gasteiger partial charge in [-0.3, -0.25) is 0 Å². The summed E-state index contributed by atoms with van der Waals surface area (Å²) in [7, 11) is 0. The van der Waals surface area contributed by atoms with Crippen LogP contribution in [0.4, 0.5) is 0 Å². The Balaban J connectivity index is 1.89. The lowest BCUT2D eigenvalue weighted by atomic mass is 9.95. The van der Waals surface area contributed by atoms with Gasteiger partial charge in [0.25, 0.3) is 0 Å². The second-order valence-electron chi connectivity index (χ2n) is 3.46. The van der Waals surface area contributed by atoms with E-state index in [-0.39, 0.29) is 0 Å². The lowest BCUT2D eigenvalue weighted by molar-refractivity contribution is 0.372. The number of hydrogen-bond acceptors (Lipinski definition) is 3. The van der Waals surface area contributed by atoms with Gasteiger partial charge in [-0.15, -0.1) is 11.3 Å². The van der Waals surface area contributed by atoms with Crippen molar-refractivity contribution < 1.29 is 0 Å². The third-order valence-corrected chi connectivity index (χ3v) is 3.95. The third kappa shape index (κ3) is 2.76. The zero-order valence-electron chi connectivity index (χ0n) is 7.42. The molecule has 0 radical (unpaired) electrons. The molecule has 1 aromatic heterocycles. The highest BCUT2D eigenvalue weighted by molar-refractivity contribution is 9.11. The molecule has 13 heavy (non-hydrogen) atoms. The van der Waals surface area contributed by atoms with E-state index in [1.807, 2.05) is 6.20 Å². The van der Waals surface area contributed by atoms with Crippen molar-refractivity contribution in [1.82, 2.24) is 10.3 Å². The van der Waals surface area contributed by atoms with E-state index in [0.29, 0.717) is 0 Å². The highest BCUT2D eigenvalue weighted by atomic mass is 79.9. The molecule has 0 aliphatic carbocycles. The van der Waals surface area contributed by atoms with Crippen LogP contribution in [0, 0.1) is 5.92 Å². The molecule has 0 amide bonds. The Labute approximate surface area is 90.9 Å². The largest absolute Gasteiger partial charge is 0.317 e. The predicted molar refractivity (Wildman–Crippen MR) is 59.1 cm³/mol. The van der Waals surface area contributed by atoms with Crippen LogP contribution in [0.15, 0.2) is 9.98 Å². The van der Waals surface area contributed by atoms with Gasteiger partial charge in [-0.2, -0.15) is 0 Å². The Morgan fingerprint density at radius 3 is 2.92 bits per heavy atom. The van der Waals surface area contributed by atoms with Crippen molar-refractivity contribution in [2.45, 2.75) is 19.3 Å². The molecule has 2 heterocycles. The molecule has 4 heteroatoms. The van der Waals surface area contributed by atoms with Gasteiger partial charge in [-0.1, -0.05) is 0 Å². The fourth-order valence-corrected chi connectivity index (χ4v) is 3.13. The molecule has 0 spiro atoms. The molecule has 72 valence electrons. The molecule has 1 aliphatic heterocycles. The van der Waals surface area contributed by atoms with Crippen molar-refractivity contribution in [3.8, 4) is 0 Å². The molecule has 0 atom stereocenters. The number of rotatable bonds is 2. The first-order valence-electron chi connectivity index (χ1n) is 4.65. The van der Waals surface area contributed by atoms with E-state index in [2.05, 4.69) is 26.2 Å². The average Bonchev–Trinajstić information content (AvgIpc) is 2.53.